The van der Waals surface area contributed by atoms with Crippen molar-refractivity contribution in [2.24, 2.45) is 21.1 Å². The highest BCUT2D eigenvalue weighted by Gasteiger charge is 2.34. The number of nitrogens with one attached hydrogen (secondary N) is 2. The number of phenols is 1. The highest BCUT2D eigenvalue weighted by Crippen LogP contribution is 2.38. The molecule has 2 aromatic carbocycles. The molecule has 3 unspecified atom stereocenters. The van der Waals surface area contributed by atoms with E-state index in [1.165, 1.54) is 12.4 Å². The molecule has 1 amide bonds. The van der Waals surface area contributed by atoms with Gasteiger partial charge in [0, 0.05) is 23.2 Å². The summed E-state index contributed by atoms with van der Waals surface area (Å²) in [4.78, 5) is 21.4. The van der Waals surface area contributed by atoms with Crippen molar-refractivity contribution >= 4 is 12.2 Å². The molecule has 34 heavy (non-hydrogen) atoms. The highest BCUT2D eigenvalue weighted by atomic mass is 16.7. The zero-order valence-electron chi connectivity index (χ0n) is 19.2. The molecule has 0 bridgehead atoms. The summed E-state index contributed by atoms with van der Waals surface area (Å²) in [7, 11) is 1.63. The van der Waals surface area contributed by atoms with E-state index in [9.17, 15) is 15.0 Å². The number of aromatic hydroxyl groups is 1. The van der Waals surface area contributed by atoms with Gasteiger partial charge in [-0.1, -0.05) is 19.1 Å². The summed E-state index contributed by atoms with van der Waals surface area (Å²) in [5, 5.41) is 32.4. The molecule has 2 heterocycles. The summed E-state index contributed by atoms with van der Waals surface area (Å²) < 4.78 is 5.24. The van der Waals surface area contributed by atoms with Crippen LogP contribution in [0.15, 0.2) is 51.6 Å². The smallest absolute Gasteiger partial charge is 0.257 e. The Morgan fingerprint density at radius 2 is 2.03 bits per heavy atom. The van der Waals surface area contributed by atoms with Crippen LogP contribution in [0.3, 0.4) is 0 Å². The second-order valence-corrected chi connectivity index (χ2v) is 8.61. The maximum Gasteiger partial charge on any atom is 0.257 e. The van der Waals surface area contributed by atoms with Gasteiger partial charge in [-0.15, -0.1) is 5.11 Å². The molecule has 0 spiro atoms. The summed E-state index contributed by atoms with van der Waals surface area (Å²) in [6.07, 6.45) is 2.17. The van der Waals surface area contributed by atoms with Crippen molar-refractivity contribution in [2.45, 2.75) is 38.0 Å². The number of rotatable bonds is 10. The summed E-state index contributed by atoms with van der Waals surface area (Å²) in [5.41, 5.74) is 3.42. The van der Waals surface area contributed by atoms with Crippen LogP contribution in [0.25, 0.3) is 0 Å². The first-order valence-electron chi connectivity index (χ1n) is 11.2. The normalized spacial score (nSPS) is 20.4. The number of azo groups is 1. The minimum atomic E-state index is -0.865. The van der Waals surface area contributed by atoms with Gasteiger partial charge in [0.05, 0.1) is 19.6 Å². The van der Waals surface area contributed by atoms with E-state index in [4.69, 9.17) is 9.57 Å². The molecule has 3 atom stereocenters. The van der Waals surface area contributed by atoms with Crippen molar-refractivity contribution in [3.63, 3.8) is 0 Å². The van der Waals surface area contributed by atoms with E-state index in [1.807, 2.05) is 24.3 Å². The van der Waals surface area contributed by atoms with Crippen LogP contribution in [0.5, 0.6) is 17.2 Å². The molecule has 0 aliphatic carbocycles. The molecule has 2 aliphatic rings. The van der Waals surface area contributed by atoms with Crippen LogP contribution >= 0.6 is 0 Å². The van der Waals surface area contributed by atoms with Crippen LogP contribution in [0, 0.1) is 5.92 Å². The first-order chi connectivity index (χ1) is 16.4. The number of fused-ring (bicyclic) bond motifs is 1. The van der Waals surface area contributed by atoms with Gasteiger partial charge >= 0.3 is 0 Å². The molecule has 0 radical (unpaired) electrons. The number of aliphatic hydroxyl groups is 1. The van der Waals surface area contributed by atoms with Crippen molar-refractivity contribution < 1.29 is 24.6 Å². The zero-order chi connectivity index (χ0) is 24.1. The lowest BCUT2D eigenvalue weighted by Gasteiger charge is -2.25. The van der Waals surface area contributed by atoms with Gasteiger partial charge in [0.15, 0.2) is 11.4 Å². The maximum absolute atomic E-state index is 11.6. The standard InChI is InChI=1S/C24H29N5O5/c1-15(9-10-24(26-14-27-29-24)16-3-5-17(33-2)6-4-16)12-25-13-21(31)18-7-8-20(30)19-11-22(32)28-34-23(18)19/h3-8,14-15,21,25,30-31H,9-13H2,1-2H3,(H,28,32). The number of nitrogens with zero attached hydrogens (tertiary/aromatic N) is 3. The topological polar surface area (TPSA) is 137 Å². The van der Waals surface area contributed by atoms with Crippen LogP contribution in [0.1, 0.15) is 42.6 Å². The molecular weight excluding hydrogens is 438 g/mol. The van der Waals surface area contributed by atoms with E-state index >= 15 is 0 Å². The molecule has 0 saturated heterocycles. The zero-order valence-corrected chi connectivity index (χ0v) is 19.2. The average molecular weight is 468 g/mol. The molecule has 4 N–H and O–H groups in total. The summed E-state index contributed by atoms with van der Waals surface area (Å²) >= 11 is 0. The molecule has 10 heteroatoms. The van der Waals surface area contributed by atoms with Crippen LogP contribution in [-0.4, -0.2) is 42.7 Å². The van der Waals surface area contributed by atoms with Crippen molar-refractivity contribution in [3.05, 3.63) is 53.1 Å². The number of methoxy groups -OCH3 is 1. The Morgan fingerprint density at radius 1 is 1.24 bits per heavy atom. The van der Waals surface area contributed by atoms with E-state index in [0.717, 1.165) is 17.7 Å². The van der Waals surface area contributed by atoms with Gasteiger partial charge in [0.25, 0.3) is 5.91 Å². The summed E-state index contributed by atoms with van der Waals surface area (Å²) in [6, 6.07) is 10.8. The maximum atomic E-state index is 11.6. The third-order valence-corrected chi connectivity index (χ3v) is 6.14. The fraction of sp³-hybridized carbons (Fsp3) is 0.417. The number of carbonyl (C=O) groups is 1. The molecule has 0 fully saturated rings. The Hall–Kier alpha value is -3.50. The third-order valence-electron chi connectivity index (χ3n) is 6.14. The van der Waals surface area contributed by atoms with Crippen LogP contribution < -0.4 is 20.4 Å². The molecular formula is C24H29N5O5. The molecule has 10 nitrogen and oxygen atoms in total. The Bertz CT molecular complexity index is 1070. The summed E-state index contributed by atoms with van der Waals surface area (Å²) in [6.45, 7) is 3.09. The number of phenolic OH excluding ortho intramolecular Hbond substituents is 1. The van der Waals surface area contributed by atoms with Crippen LogP contribution in [0.4, 0.5) is 0 Å². The first-order valence-corrected chi connectivity index (χ1v) is 11.2. The number of aliphatic hydroxyl groups excluding tert-OH is 1. The van der Waals surface area contributed by atoms with E-state index in [-0.39, 0.29) is 24.0 Å². The van der Waals surface area contributed by atoms with Crippen molar-refractivity contribution in [3.8, 4) is 17.2 Å². The van der Waals surface area contributed by atoms with Crippen molar-refractivity contribution in [2.75, 3.05) is 20.2 Å². The lowest BCUT2D eigenvalue weighted by Crippen LogP contribution is -2.34. The first kappa shape index (κ1) is 23.7. The fourth-order valence-electron chi connectivity index (χ4n) is 4.14. The van der Waals surface area contributed by atoms with E-state index in [0.29, 0.717) is 36.4 Å². The van der Waals surface area contributed by atoms with Crippen LogP contribution in [0.2, 0.25) is 0 Å². The molecule has 180 valence electrons. The third kappa shape index (κ3) is 5.02. The number of aliphatic imine (C=N–C) groups is 1. The predicted octanol–water partition coefficient (Wildman–Crippen LogP) is 2.75. The minimum absolute atomic E-state index is 0.00194. The SMILES string of the molecule is COc1ccc(C2(CCC(C)CNCC(O)c3ccc(O)c4c3ONC(=O)C4)N=CN=N2)cc1. The number of hydrogen-bond acceptors (Lipinski definition) is 9. The van der Waals surface area contributed by atoms with Gasteiger partial charge in [0.1, 0.15) is 17.8 Å². The molecule has 0 saturated carbocycles. The number of amides is 1. The number of hydrogen-bond donors (Lipinski definition) is 4. The molecule has 4 rings (SSSR count). The number of carbonyl (C=O) groups excluding carboxylic acids is 1. The summed E-state index contributed by atoms with van der Waals surface area (Å²) in [5.74, 6) is 0.988. The van der Waals surface area contributed by atoms with Gasteiger partial charge in [0.2, 0.25) is 0 Å². The molecule has 2 aromatic rings. The van der Waals surface area contributed by atoms with Crippen LogP contribution in [-0.2, 0) is 16.9 Å². The second-order valence-electron chi connectivity index (χ2n) is 8.61. The predicted molar refractivity (Wildman–Crippen MR) is 125 cm³/mol. The Morgan fingerprint density at radius 3 is 2.74 bits per heavy atom. The van der Waals surface area contributed by atoms with Gasteiger partial charge in [-0.05, 0) is 49.6 Å². The monoisotopic (exact) mass is 467 g/mol. The number of benzene rings is 2. The lowest BCUT2D eigenvalue weighted by molar-refractivity contribution is -0.128. The van der Waals surface area contributed by atoms with Gasteiger partial charge in [-0.25, -0.2) is 4.99 Å². The number of ether oxygens (including phenoxy) is 1. The van der Waals surface area contributed by atoms with Gasteiger partial charge in [-0.3, -0.25) is 4.79 Å². The van der Waals surface area contributed by atoms with Gasteiger partial charge in [-0.2, -0.15) is 10.6 Å². The second kappa shape index (κ2) is 10.2. The van der Waals surface area contributed by atoms with E-state index in [1.54, 1.807) is 13.2 Å². The van der Waals surface area contributed by atoms with Crippen molar-refractivity contribution in [1.82, 2.24) is 10.8 Å². The number of hydroxylamine groups is 1. The van der Waals surface area contributed by atoms with Gasteiger partial charge < -0.3 is 25.1 Å². The fourth-order valence-corrected chi connectivity index (χ4v) is 4.14. The Balaban J connectivity index is 1.31. The molecule has 2 aliphatic heterocycles. The van der Waals surface area contributed by atoms with E-state index < -0.39 is 11.8 Å². The highest BCUT2D eigenvalue weighted by molar-refractivity contribution is 5.81. The quantitative estimate of drug-likeness (QED) is 0.424. The Kier molecular flexibility index (Phi) is 7.09. The van der Waals surface area contributed by atoms with E-state index in [2.05, 4.69) is 32.9 Å². The average Bonchev–Trinajstić information content (AvgIpc) is 3.33. The minimum Gasteiger partial charge on any atom is -0.508 e. The lowest BCUT2D eigenvalue weighted by atomic mass is 9.91. The Labute approximate surface area is 197 Å². The van der Waals surface area contributed by atoms with Crippen molar-refractivity contribution in [1.29, 1.82) is 0 Å². The molecule has 0 aromatic heterocycles. The largest absolute Gasteiger partial charge is 0.508 e.